The number of ether oxygens (including phenoxy) is 4. The minimum Gasteiger partial charge on any atom is -0.465 e. The minimum absolute atomic E-state index is 0.116. The lowest BCUT2D eigenvalue weighted by Crippen LogP contribution is -2.58. The van der Waals surface area contributed by atoms with Gasteiger partial charge < -0.3 is 18.9 Å². The fourth-order valence-electron chi connectivity index (χ4n) is 6.17. The maximum absolute atomic E-state index is 12.6. The zero-order chi connectivity index (χ0) is 23.6. The summed E-state index contributed by atoms with van der Waals surface area (Å²) >= 11 is 0. The Labute approximate surface area is 194 Å². The summed E-state index contributed by atoms with van der Waals surface area (Å²) < 4.78 is 23.1. The van der Waals surface area contributed by atoms with Gasteiger partial charge >= 0.3 is 17.9 Å². The van der Waals surface area contributed by atoms with Gasteiger partial charge in [-0.05, 0) is 24.0 Å². The second-order valence-corrected chi connectivity index (χ2v) is 9.77. The molecule has 1 saturated carbocycles. The van der Waals surface area contributed by atoms with Crippen LogP contribution in [0.4, 0.5) is 0 Å². The summed E-state index contributed by atoms with van der Waals surface area (Å²) in [6, 6.07) is 9.89. The van der Waals surface area contributed by atoms with Crippen molar-refractivity contribution in [3.63, 3.8) is 0 Å². The first-order valence-corrected chi connectivity index (χ1v) is 11.6. The van der Waals surface area contributed by atoms with Crippen LogP contribution >= 0.6 is 0 Å². The molecular weight excluding hydrogens is 424 g/mol. The fourth-order valence-corrected chi connectivity index (χ4v) is 6.17. The van der Waals surface area contributed by atoms with Crippen molar-refractivity contribution in [2.75, 3.05) is 19.8 Å². The number of cyclic esters (lactones) is 1. The molecule has 0 aromatic heterocycles. The molecule has 0 spiro atoms. The highest BCUT2D eigenvalue weighted by Gasteiger charge is 2.62. The molecule has 2 aliphatic carbocycles. The van der Waals surface area contributed by atoms with Crippen LogP contribution in [0.5, 0.6) is 0 Å². The Morgan fingerprint density at radius 2 is 1.76 bits per heavy atom. The van der Waals surface area contributed by atoms with Gasteiger partial charge in [0, 0.05) is 42.6 Å². The zero-order valence-corrected chi connectivity index (χ0v) is 19.6. The Bertz CT molecular complexity index is 953. The summed E-state index contributed by atoms with van der Waals surface area (Å²) in [4.78, 5) is 36.2. The molecule has 7 heteroatoms. The van der Waals surface area contributed by atoms with E-state index in [1.54, 1.807) is 0 Å². The third-order valence-corrected chi connectivity index (χ3v) is 7.50. The second-order valence-electron chi connectivity index (χ2n) is 9.77. The van der Waals surface area contributed by atoms with Crippen molar-refractivity contribution >= 4 is 17.9 Å². The summed E-state index contributed by atoms with van der Waals surface area (Å²) in [6.07, 6.45) is 2.57. The van der Waals surface area contributed by atoms with E-state index in [1.165, 1.54) is 13.8 Å². The molecular formula is C26H32O7. The number of hydrogen-bond acceptors (Lipinski definition) is 7. The molecule has 0 amide bonds. The largest absolute Gasteiger partial charge is 0.465 e. The van der Waals surface area contributed by atoms with E-state index in [-0.39, 0.29) is 49.8 Å². The van der Waals surface area contributed by atoms with Gasteiger partial charge in [0.15, 0.2) is 0 Å². The van der Waals surface area contributed by atoms with E-state index in [4.69, 9.17) is 18.9 Å². The van der Waals surface area contributed by atoms with Gasteiger partial charge in [-0.25, -0.2) is 4.79 Å². The fraction of sp³-hybridized carbons (Fsp3) is 0.577. The van der Waals surface area contributed by atoms with E-state index < -0.39 is 10.8 Å². The predicted molar refractivity (Wildman–Crippen MR) is 119 cm³/mol. The van der Waals surface area contributed by atoms with Crippen molar-refractivity contribution in [2.24, 2.45) is 16.7 Å². The summed E-state index contributed by atoms with van der Waals surface area (Å²) in [5.41, 5.74) is 1.60. The van der Waals surface area contributed by atoms with Crippen molar-refractivity contribution in [3.05, 3.63) is 47.0 Å². The standard InChI is InChI=1S/C26H32O7/c1-17(27)32-15-25(3)10-7-11-26(16-33-18(2)28)21-14-31-24(29)20(21)12-22(23(25)26)30-13-19-8-5-4-6-9-19/h4-6,8-9,22-23H,7,10-16H2,1-3H3/t22-,23?,25-,26+/m1/s1. The molecule has 3 aliphatic rings. The topological polar surface area (TPSA) is 88.1 Å². The molecule has 1 heterocycles. The van der Waals surface area contributed by atoms with E-state index in [1.807, 2.05) is 30.3 Å². The number of esters is 3. The van der Waals surface area contributed by atoms with Crippen molar-refractivity contribution < 1.29 is 33.3 Å². The molecule has 0 bridgehead atoms. The molecule has 4 atom stereocenters. The average Bonchev–Trinajstić information content (AvgIpc) is 3.17. The van der Waals surface area contributed by atoms with Crippen molar-refractivity contribution in [1.82, 2.24) is 0 Å². The van der Waals surface area contributed by atoms with E-state index in [0.29, 0.717) is 18.6 Å². The monoisotopic (exact) mass is 456 g/mol. The molecule has 1 aromatic carbocycles. The second kappa shape index (κ2) is 9.29. The van der Waals surface area contributed by atoms with Gasteiger partial charge in [0.1, 0.15) is 13.2 Å². The van der Waals surface area contributed by atoms with Crippen LogP contribution in [0, 0.1) is 16.7 Å². The Morgan fingerprint density at radius 3 is 2.45 bits per heavy atom. The molecule has 1 aliphatic heterocycles. The van der Waals surface area contributed by atoms with E-state index in [9.17, 15) is 14.4 Å². The number of benzene rings is 1. The van der Waals surface area contributed by atoms with Crippen LogP contribution in [0.3, 0.4) is 0 Å². The molecule has 0 saturated heterocycles. The first-order chi connectivity index (χ1) is 15.7. The van der Waals surface area contributed by atoms with Crippen LogP contribution in [-0.4, -0.2) is 43.8 Å². The first kappa shape index (κ1) is 23.5. The van der Waals surface area contributed by atoms with Crippen LogP contribution in [0.25, 0.3) is 0 Å². The normalized spacial score (nSPS) is 30.8. The van der Waals surface area contributed by atoms with Crippen LogP contribution < -0.4 is 0 Å². The van der Waals surface area contributed by atoms with Gasteiger partial charge in [-0.2, -0.15) is 0 Å². The number of fused-ring (bicyclic) bond motifs is 2. The smallest absolute Gasteiger partial charge is 0.334 e. The van der Waals surface area contributed by atoms with Crippen LogP contribution in [0.1, 0.15) is 52.0 Å². The highest BCUT2D eigenvalue weighted by molar-refractivity contribution is 5.92. The summed E-state index contributed by atoms with van der Waals surface area (Å²) in [5, 5.41) is 0. The lowest BCUT2D eigenvalue weighted by Gasteiger charge is -2.57. The first-order valence-electron chi connectivity index (χ1n) is 11.6. The maximum Gasteiger partial charge on any atom is 0.334 e. The molecule has 1 unspecified atom stereocenters. The van der Waals surface area contributed by atoms with Gasteiger partial charge in [0.25, 0.3) is 0 Å². The Kier molecular flexibility index (Phi) is 6.61. The Morgan fingerprint density at radius 1 is 1.06 bits per heavy atom. The molecule has 33 heavy (non-hydrogen) atoms. The Hall–Kier alpha value is -2.67. The molecule has 4 rings (SSSR count). The van der Waals surface area contributed by atoms with Gasteiger partial charge in [0.2, 0.25) is 0 Å². The van der Waals surface area contributed by atoms with E-state index in [0.717, 1.165) is 30.4 Å². The number of rotatable bonds is 7. The van der Waals surface area contributed by atoms with Gasteiger partial charge in [-0.3, -0.25) is 9.59 Å². The highest BCUT2D eigenvalue weighted by Crippen LogP contribution is 2.61. The lowest BCUT2D eigenvalue weighted by molar-refractivity contribution is -0.174. The molecule has 7 nitrogen and oxygen atoms in total. The van der Waals surface area contributed by atoms with Crippen molar-refractivity contribution in [3.8, 4) is 0 Å². The third-order valence-electron chi connectivity index (χ3n) is 7.50. The Balaban J connectivity index is 1.75. The van der Waals surface area contributed by atoms with E-state index >= 15 is 0 Å². The highest BCUT2D eigenvalue weighted by atomic mass is 16.5. The summed E-state index contributed by atoms with van der Waals surface area (Å²) in [7, 11) is 0. The number of carbonyl (C=O) groups excluding carboxylic acids is 3. The zero-order valence-electron chi connectivity index (χ0n) is 19.6. The molecule has 1 fully saturated rings. The van der Waals surface area contributed by atoms with E-state index in [2.05, 4.69) is 6.92 Å². The molecule has 0 N–H and O–H groups in total. The van der Waals surface area contributed by atoms with Crippen LogP contribution in [-0.2, 0) is 39.9 Å². The van der Waals surface area contributed by atoms with Gasteiger partial charge in [-0.15, -0.1) is 0 Å². The average molecular weight is 457 g/mol. The quantitative estimate of drug-likeness (QED) is 0.456. The summed E-state index contributed by atoms with van der Waals surface area (Å²) in [6.45, 7) is 5.93. The van der Waals surface area contributed by atoms with Crippen molar-refractivity contribution in [2.45, 2.75) is 59.2 Å². The number of hydrogen-bond donors (Lipinski definition) is 0. The van der Waals surface area contributed by atoms with Crippen LogP contribution in [0.15, 0.2) is 41.5 Å². The van der Waals surface area contributed by atoms with Gasteiger partial charge in [0.05, 0.1) is 19.3 Å². The van der Waals surface area contributed by atoms with Crippen molar-refractivity contribution in [1.29, 1.82) is 0 Å². The number of carbonyl (C=O) groups is 3. The molecule has 1 aromatic rings. The minimum atomic E-state index is -0.597. The summed E-state index contributed by atoms with van der Waals surface area (Å²) in [5.74, 6) is -1.13. The third kappa shape index (κ3) is 4.56. The lowest BCUT2D eigenvalue weighted by atomic mass is 9.48. The maximum atomic E-state index is 12.6. The predicted octanol–water partition coefficient (Wildman–Crippen LogP) is 3.75. The molecule has 178 valence electrons. The van der Waals surface area contributed by atoms with Gasteiger partial charge in [-0.1, -0.05) is 43.7 Å². The SMILES string of the molecule is CC(=O)OC[C@@]1(C)CCC[C@]2(COC(C)=O)C3=C(C[C@@H](OCc4ccccc4)C12)C(=O)OC3. The molecule has 0 radical (unpaired) electrons. The van der Waals surface area contributed by atoms with Crippen LogP contribution in [0.2, 0.25) is 0 Å².